The fraction of sp³-hybridized carbons (Fsp3) is 0.200. The van der Waals surface area contributed by atoms with Crippen molar-refractivity contribution in [2.24, 2.45) is 0 Å². The van der Waals surface area contributed by atoms with Crippen LogP contribution in [0.5, 0.6) is 5.75 Å². The second kappa shape index (κ2) is 8.19. The number of hydrogen-bond acceptors (Lipinski definition) is 4. The number of halogens is 1. The maximum absolute atomic E-state index is 14.0. The summed E-state index contributed by atoms with van der Waals surface area (Å²) in [5, 5.41) is 0.543. The van der Waals surface area contributed by atoms with Crippen LogP contribution in [0, 0.1) is 0 Å². The lowest BCUT2D eigenvalue weighted by atomic mass is 10.0. The molecule has 0 N–H and O–H groups in total. The van der Waals surface area contributed by atoms with Gasteiger partial charge >= 0.3 is 0 Å². The third kappa shape index (κ3) is 3.26. The van der Waals surface area contributed by atoms with E-state index in [1.165, 1.54) is 11.8 Å². The number of amides is 2. The van der Waals surface area contributed by atoms with Crippen LogP contribution in [-0.2, 0) is 16.2 Å². The molecule has 0 saturated carbocycles. The van der Waals surface area contributed by atoms with Gasteiger partial charge in [0.25, 0.3) is 11.8 Å². The highest BCUT2D eigenvalue weighted by Gasteiger charge is 2.59. The van der Waals surface area contributed by atoms with Gasteiger partial charge in [-0.05, 0) is 48.0 Å². The van der Waals surface area contributed by atoms with Gasteiger partial charge in [-0.3, -0.25) is 9.59 Å². The van der Waals surface area contributed by atoms with Crippen molar-refractivity contribution < 1.29 is 14.3 Å². The summed E-state index contributed by atoms with van der Waals surface area (Å²) in [6.07, 6.45) is 0. The summed E-state index contributed by atoms with van der Waals surface area (Å²) in [5.41, 5.74) is 3.11. The highest BCUT2D eigenvalue weighted by atomic mass is 35.5. The predicted molar refractivity (Wildman–Crippen MR) is 127 cm³/mol. The molecule has 0 aromatic heterocycles. The predicted octanol–water partition coefficient (Wildman–Crippen LogP) is 4.94. The number of fused-ring (bicyclic) bond motifs is 2. The zero-order valence-electron chi connectivity index (χ0n) is 17.5. The van der Waals surface area contributed by atoms with Crippen molar-refractivity contribution in [2.45, 2.75) is 11.4 Å². The van der Waals surface area contributed by atoms with E-state index in [2.05, 4.69) is 0 Å². The van der Waals surface area contributed by atoms with Crippen LogP contribution in [0.3, 0.4) is 0 Å². The summed E-state index contributed by atoms with van der Waals surface area (Å²) in [6.45, 7) is 0.910. The number of hydrogen-bond donors (Lipinski definition) is 0. The monoisotopic (exact) mass is 464 g/mol. The van der Waals surface area contributed by atoms with E-state index >= 15 is 0 Å². The molecule has 1 atom stereocenters. The van der Waals surface area contributed by atoms with Gasteiger partial charge in [0.2, 0.25) is 0 Å². The van der Waals surface area contributed by atoms with Gasteiger partial charge in [-0.15, -0.1) is 11.8 Å². The van der Waals surface area contributed by atoms with Crippen LogP contribution < -0.4 is 9.64 Å². The zero-order chi connectivity index (χ0) is 22.3. The molecule has 2 heterocycles. The molecule has 5 rings (SSSR count). The van der Waals surface area contributed by atoms with Crippen LogP contribution in [0.15, 0.2) is 72.8 Å². The Bertz CT molecular complexity index is 1190. The molecule has 1 saturated heterocycles. The van der Waals surface area contributed by atoms with Crippen molar-refractivity contribution in [3.05, 3.63) is 94.5 Å². The van der Waals surface area contributed by atoms with Gasteiger partial charge in [0.1, 0.15) is 5.75 Å². The number of rotatable bonds is 4. The molecule has 0 radical (unpaired) electrons. The molecule has 1 fully saturated rings. The number of carbonyl (C=O) groups is 2. The standard InChI is InChI=1S/C25H21ClN2O3S/c1-31-20-10-7-18(8-11-20)23(29)28-13-14-32-25(28)21-15-19(26)9-12-22(21)27(24(25)30)16-17-5-3-2-4-6-17/h2-12,15H,13-14,16H2,1H3/t25-/m1/s1. The molecule has 1 spiro atoms. The molecule has 3 aromatic carbocycles. The SMILES string of the molecule is COc1ccc(C(=O)N2CCS[C@]23C(=O)N(Cc2ccccc2)c2ccc(Cl)cc23)cc1. The summed E-state index contributed by atoms with van der Waals surface area (Å²) >= 11 is 7.86. The number of benzene rings is 3. The Hall–Kier alpha value is -2.96. The summed E-state index contributed by atoms with van der Waals surface area (Å²) in [4.78, 5) is 29.9. The van der Waals surface area contributed by atoms with E-state index in [4.69, 9.17) is 16.3 Å². The zero-order valence-corrected chi connectivity index (χ0v) is 19.0. The molecule has 0 aliphatic carbocycles. The van der Waals surface area contributed by atoms with Crippen molar-refractivity contribution >= 4 is 40.9 Å². The average Bonchev–Trinajstić information content (AvgIpc) is 3.36. The van der Waals surface area contributed by atoms with Gasteiger partial charge in [0, 0.05) is 28.4 Å². The van der Waals surface area contributed by atoms with Gasteiger partial charge in [-0.1, -0.05) is 41.9 Å². The third-order valence-electron chi connectivity index (χ3n) is 5.92. The van der Waals surface area contributed by atoms with E-state index in [1.54, 1.807) is 47.2 Å². The van der Waals surface area contributed by atoms with Gasteiger partial charge in [0.15, 0.2) is 4.87 Å². The van der Waals surface area contributed by atoms with Gasteiger partial charge < -0.3 is 14.5 Å². The summed E-state index contributed by atoms with van der Waals surface area (Å²) in [6, 6.07) is 22.3. The quantitative estimate of drug-likeness (QED) is 0.549. The molecule has 2 aliphatic heterocycles. The first kappa shape index (κ1) is 20.9. The van der Waals surface area contributed by atoms with Crippen molar-refractivity contribution in [2.75, 3.05) is 24.3 Å². The Morgan fingerprint density at radius 3 is 2.56 bits per heavy atom. The smallest absolute Gasteiger partial charge is 0.268 e. The molecule has 0 bridgehead atoms. The normalized spacial score (nSPS) is 19.5. The van der Waals surface area contributed by atoms with Crippen molar-refractivity contribution in [1.82, 2.24) is 4.90 Å². The highest BCUT2D eigenvalue weighted by Crippen LogP contribution is 2.55. The second-order valence-electron chi connectivity index (χ2n) is 7.72. The Morgan fingerprint density at radius 2 is 1.84 bits per heavy atom. The van der Waals surface area contributed by atoms with E-state index in [-0.39, 0.29) is 11.8 Å². The van der Waals surface area contributed by atoms with Gasteiger partial charge in [0.05, 0.1) is 19.3 Å². The van der Waals surface area contributed by atoms with Crippen LogP contribution in [0.2, 0.25) is 5.02 Å². The molecule has 0 unspecified atom stereocenters. The van der Waals surface area contributed by atoms with Crippen LogP contribution in [0.1, 0.15) is 21.5 Å². The summed E-state index contributed by atoms with van der Waals surface area (Å²) in [5.74, 6) is 1.05. The first-order valence-corrected chi connectivity index (χ1v) is 11.7. The lowest BCUT2D eigenvalue weighted by Crippen LogP contribution is -2.50. The maximum atomic E-state index is 14.0. The maximum Gasteiger partial charge on any atom is 0.268 e. The summed E-state index contributed by atoms with van der Waals surface area (Å²) < 4.78 is 5.21. The van der Waals surface area contributed by atoms with Gasteiger partial charge in [-0.2, -0.15) is 0 Å². The number of carbonyl (C=O) groups excluding carboxylic acids is 2. The Kier molecular flexibility index (Phi) is 5.35. The molecule has 32 heavy (non-hydrogen) atoms. The van der Waals surface area contributed by atoms with Crippen molar-refractivity contribution in [1.29, 1.82) is 0 Å². The largest absolute Gasteiger partial charge is 0.497 e. The van der Waals surface area contributed by atoms with Crippen LogP contribution in [0.4, 0.5) is 5.69 Å². The molecule has 2 aliphatic rings. The molecule has 2 amide bonds. The van der Waals surface area contributed by atoms with Crippen molar-refractivity contribution in [3.8, 4) is 5.75 Å². The summed E-state index contributed by atoms with van der Waals surface area (Å²) in [7, 11) is 1.59. The molecular weight excluding hydrogens is 444 g/mol. The molecule has 7 heteroatoms. The Labute approximate surface area is 195 Å². The minimum absolute atomic E-state index is 0.108. The van der Waals surface area contributed by atoms with E-state index < -0.39 is 4.87 Å². The molecule has 162 valence electrons. The van der Waals surface area contributed by atoms with E-state index in [0.29, 0.717) is 35.2 Å². The minimum atomic E-state index is -1.12. The van der Waals surface area contributed by atoms with Crippen LogP contribution >= 0.6 is 23.4 Å². The molecule has 5 nitrogen and oxygen atoms in total. The highest BCUT2D eigenvalue weighted by molar-refractivity contribution is 8.01. The Balaban J connectivity index is 1.58. The number of anilines is 1. The first-order chi connectivity index (χ1) is 15.5. The Morgan fingerprint density at radius 1 is 1.09 bits per heavy atom. The van der Waals surface area contributed by atoms with Gasteiger partial charge in [-0.25, -0.2) is 0 Å². The third-order valence-corrected chi connectivity index (χ3v) is 7.58. The fourth-order valence-corrected chi connectivity index (χ4v) is 6.02. The van der Waals surface area contributed by atoms with E-state index in [0.717, 1.165) is 16.8 Å². The fourth-order valence-electron chi connectivity index (χ4n) is 4.40. The lowest BCUT2D eigenvalue weighted by molar-refractivity contribution is -0.123. The van der Waals surface area contributed by atoms with Crippen LogP contribution in [-0.4, -0.2) is 36.1 Å². The number of nitrogens with zero attached hydrogens (tertiary/aromatic N) is 2. The topological polar surface area (TPSA) is 49.9 Å². The second-order valence-corrected chi connectivity index (χ2v) is 9.44. The lowest BCUT2D eigenvalue weighted by Gasteiger charge is -2.33. The minimum Gasteiger partial charge on any atom is -0.497 e. The molecular formula is C25H21ClN2O3S. The first-order valence-electron chi connectivity index (χ1n) is 10.3. The number of thioether (sulfide) groups is 1. The number of methoxy groups -OCH3 is 1. The van der Waals surface area contributed by atoms with Crippen molar-refractivity contribution in [3.63, 3.8) is 0 Å². The van der Waals surface area contributed by atoms with Crippen LogP contribution in [0.25, 0.3) is 0 Å². The van der Waals surface area contributed by atoms with E-state index in [1.807, 2.05) is 42.5 Å². The number of ether oxygens (including phenoxy) is 1. The average molecular weight is 465 g/mol. The van der Waals surface area contributed by atoms with E-state index in [9.17, 15) is 9.59 Å². The molecule has 3 aromatic rings.